The number of aromatic hydroxyl groups is 1. The number of oxazole rings is 1. The zero-order chi connectivity index (χ0) is 21.1. The van der Waals surface area contributed by atoms with Crippen LogP contribution in [0.5, 0.6) is 5.88 Å². The Hall–Kier alpha value is -2.38. The van der Waals surface area contributed by atoms with E-state index < -0.39 is 0 Å². The van der Waals surface area contributed by atoms with Gasteiger partial charge in [-0.3, -0.25) is 9.78 Å². The Morgan fingerprint density at radius 2 is 2.07 bits per heavy atom. The van der Waals surface area contributed by atoms with Gasteiger partial charge in [-0.2, -0.15) is 0 Å². The fourth-order valence-electron chi connectivity index (χ4n) is 4.09. The molecule has 0 amide bonds. The highest BCUT2D eigenvalue weighted by molar-refractivity contribution is 7.09. The molecule has 1 saturated carbocycles. The molecule has 1 aliphatic rings. The zero-order valence-electron chi connectivity index (χ0n) is 17.4. The van der Waals surface area contributed by atoms with Crippen molar-refractivity contribution < 1.29 is 14.3 Å². The van der Waals surface area contributed by atoms with Gasteiger partial charge in [-0.25, -0.2) is 4.98 Å². The van der Waals surface area contributed by atoms with Gasteiger partial charge in [0.1, 0.15) is 11.5 Å². The van der Waals surface area contributed by atoms with E-state index in [0.29, 0.717) is 18.4 Å². The summed E-state index contributed by atoms with van der Waals surface area (Å²) in [5.74, 6) is 2.01. The van der Waals surface area contributed by atoms with Gasteiger partial charge in [-0.15, -0.1) is 0 Å². The first-order valence-electron chi connectivity index (χ1n) is 10.5. The molecule has 4 rings (SSSR count). The lowest BCUT2D eigenvalue weighted by atomic mass is 9.84. The van der Waals surface area contributed by atoms with E-state index in [0.717, 1.165) is 65.3 Å². The van der Waals surface area contributed by atoms with Crippen molar-refractivity contribution in [1.29, 1.82) is 0 Å². The lowest BCUT2D eigenvalue weighted by Gasteiger charge is -2.29. The molecule has 0 aliphatic heterocycles. The summed E-state index contributed by atoms with van der Waals surface area (Å²) < 4.78 is 12.1. The van der Waals surface area contributed by atoms with E-state index >= 15 is 0 Å². The first-order chi connectivity index (χ1) is 14.5. The Labute approximate surface area is 179 Å². The third kappa shape index (κ3) is 5.02. The van der Waals surface area contributed by atoms with Gasteiger partial charge in [0, 0.05) is 5.56 Å². The molecule has 30 heavy (non-hydrogen) atoms. The summed E-state index contributed by atoms with van der Waals surface area (Å²) in [6.45, 7) is 4.45. The molecule has 0 bridgehead atoms. The second-order valence-corrected chi connectivity index (χ2v) is 9.25. The predicted molar refractivity (Wildman–Crippen MR) is 117 cm³/mol. The van der Waals surface area contributed by atoms with E-state index in [1.165, 1.54) is 12.0 Å². The SMILES string of the molecule is Cc1ccc(-c2nc(COC3CCCC(CCc4sc(=O)[nH]c4O)C3)c(C)o2)cc1. The summed E-state index contributed by atoms with van der Waals surface area (Å²) >= 11 is 1.10. The Kier molecular flexibility index (Phi) is 6.39. The normalized spacial score (nSPS) is 19.3. The predicted octanol–water partition coefficient (Wildman–Crippen LogP) is 5.12. The average Bonchev–Trinajstić information content (AvgIpc) is 3.26. The minimum atomic E-state index is -0.194. The molecular weight excluding hydrogens is 400 g/mol. The van der Waals surface area contributed by atoms with Crippen molar-refractivity contribution in [3.05, 3.63) is 55.8 Å². The van der Waals surface area contributed by atoms with Crippen molar-refractivity contribution in [3.63, 3.8) is 0 Å². The Bertz CT molecular complexity index is 1030. The van der Waals surface area contributed by atoms with Gasteiger partial charge in [0.2, 0.25) is 11.8 Å². The molecule has 1 aliphatic carbocycles. The van der Waals surface area contributed by atoms with Crippen molar-refractivity contribution in [2.45, 2.75) is 65.1 Å². The summed E-state index contributed by atoms with van der Waals surface area (Å²) in [6, 6.07) is 8.16. The van der Waals surface area contributed by atoms with Crippen LogP contribution in [-0.4, -0.2) is 21.2 Å². The molecule has 2 aromatic heterocycles. The smallest absolute Gasteiger partial charge is 0.307 e. The number of nitrogens with one attached hydrogen (secondary N) is 1. The molecule has 0 saturated heterocycles. The van der Waals surface area contributed by atoms with Crippen molar-refractivity contribution >= 4 is 11.3 Å². The van der Waals surface area contributed by atoms with Crippen LogP contribution in [-0.2, 0) is 17.8 Å². The Balaban J connectivity index is 1.31. The number of thiazole rings is 1. The standard InChI is InChI=1S/C23H28N2O4S/c1-14-6-9-17(10-7-14)22-24-19(15(2)29-22)13-28-18-5-3-4-16(12-18)8-11-20-21(26)25-23(27)30-20/h6-7,9-10,16,18,26H,3-5,8,11-13H2,1-2H3,(H,25,27). The van der Waals surface area contributed by atoms with Crippen LogP contribution in [0.25, 0.3) is 11.5 Å². The quantitative estimate of drug-likeness (QED) is 0.545. The van der Waals surface area contributed by atoms with Gasteiger partial charge < -0.3 is 14.3 Å². The van der Waals surface area contributed by atoms with Crippen LogP contribution in [0, 0.1) is 19.8 Å². The molecule has 2 heterocycles. The van der Waals surface area contributed by atoms with E-state index in [1.807, 2.05) is 19.1 Å². The van der Waals surface area contributed by atoms with E-state index in [9.17, 15) is 9.90 Å². The minimum absolute atomic E-state index is 0.0273. The maximum atomic E-state index is 11.3. The minimum Gasteiger partial charge on any atom is -0.494 e. The number of aryl methyl sites for hydroxylation is 3. The number of aromatic amines is 1. The highest BCUT2D eigenvalue weighted by Gasteiger charge is 2.24. The molecule has 2 N–H and O–H groups in total. The molecule has 2 atom stereocenters. The van der Waals surface area contributed by atoms with Gasteiger partial charge in [0.15, 0.2) is 0 Å². The van der Waals surface area contributed by atoms with Crippen molar-refractivity contribution in [3.8, 4) is 17.3 Å². The van der Waals surface area contributed by atoms with Crippen LogP contribution >= 0.6 is 11.3 Å². The fraction of sp³-hybridized carbons (Fsp3) is 0.478. The monoisotopic (exact) mass is 428 g/mol. The summed E-state index contributed by atoms with van der Waals surface area (Å²) in [7, 11) is 0. The number of ether oxygens (including phenoxy) is 1. The first kappa shape index (κ1) is 20.9. The van der Waals surface area contributed by atoms with E-state index in [1.54, 1.807) is 0 Å². The Morgan fingerprint density at radius 1 is 1.27 bits per heavy atom. The molecular formula is C23H28N2O4S. The second-order valence-electron chi connectivity index (χ2n) is 8.18. The largest absolute Gasteiger partial charge is 0.494 e. The molecule has 7 heteroatoms. The maximum Gasteiger partial charge on any atom is 0.307 e. The average molecular weight is 429 g/mol. The summed E-state index contributed by atoms with van der Waals surface area (Å²) in [6.07, 6.45) is 6.26. The zero-order valence-corrected chi connectivity index (χ0v) is 18.3. The van der Waals surface area contributed by atoms with Crippen LogP contribution in [0.15, 0.2) is 33.5 Å². The molecule has 6 nitrogen and oxygen atoms in total. The van der Waals surface area contributed by atoms with Crippen molar-refractivity contribution in [2.24, 2.45) is 5.92 Å². The number of H-pyrrole nitrogens is 1. The van der Waals surface area contributed by atoms with Crippen LogP contribution in [0.3, 0.4) is 0 Å². The van der Waals surface area contributed by atoms with Gasteiger partial charge in [0.25, 0.3) is 0 Å². The van der Waals surface area contributed by atoms with Crippen LogP contribution < -0.4 is 4.87 Å². The molecule has 0 spiro atoms. The summed E-state index contributed by atoms with van der Waals surface area (Å²) in [4.78, 5) is 19.0. The van der Waals surface area contributed by atoms with Gasteiger partial charge in [0.05, 0.1) is 17.6 Å². The van der Waals surface area contributed by atoms with Gasteiger partial charge in [-0.1, -0.05) is 41.9 Å². The Morgan fingerprint density at radius 3 is 2.80 bits per heavy atom. The maximum absolute atomic E-state index is 11.3. The molecule has 2 unspecified atom stereocenters. The second kappa shape index (κ2) is 9.18. The third-order valence-electron chi connectivity index (χ3n) is 5.86. The fourth-order valence-corrected chi connectivity index (χ4v) is 4.83. The number of nitrogens with zero attached hydrogens (tertiary/aromatic N) is 1. The first-order valence-corrected chi connectivity index (χ1v) is 11.4. The van der Waals surface area contributed by atoms with Crippen molar-refractivity contribution in [1.82, 2.24) is 9.97 Å². The number of benzene rings is 1. The number of hydrogen-bond acceptors (Lipinski definition) is 6. The third-order valence-corrected chi connectivity index (χ3v) is 6.79. The van der Waals surface area contributed by atoms with Gasteiger partial charge in [-0.05, 0) is 57.6 Å². The van der Waals surface area contributed by atoms with Gasteiger partial charge >= 0.3 is 4.87 Å². The lowest BCUT2D eigenvalue weighted by molar-refractivity contribution is -0.000494. The molecule has 160 valence electrons. The molecule has 0 radical (unpaired) electrons. The van der Waals surface area contributed by atoms with Crippen molar-refractivity contribution in [2.75, 3.05) is 0 Å². The number of rotatable bonds is 7. The van der Waals surface area contributed by atoms with E-state index in [4.69, 9.17) is 9.15 Å². The van der Waals surface area contributed by atoms with Crippen LogP contribution in [0.1, 0.15) is 54.0 Å². The molecule has 1 aromatic carbocycles. The van der Waals surface area contributed by atoms with E-state index in [2.05, 4.69) is 29.0 Å². The number of hydrogen-bond donors (Lipinski definition) is 2. The van der Waals surface area contributed by atoms with Crippen LogP contribution in [0.4, 0.5) is 0 Å². The van der Waals surface area contributed by atoms with Crippen LogP contribution in [0.2, 0.25) is 0 Å². The highest BCUT2D eigenvalue weighted by atomic mass is 32.1. The summed E-state index contributed by atoms with van der Waals surface area (Å²) in [5.41, 5.74) is 3.04. The van der Waals surface area contributed by atoms with E-state index in [-0.39, 0.29) is 16.9 Å². The number of aromatic nitrogens is 2. The molecule has 1 fully saturated rings. The lowest BCUT2D eigenvalue weighted by Crippen LogP contribution is -2.23. The molecule has 3 aromatic rings. The topological polar surface area (TPSA) is 88.3 Å². The highest BCUT2D eigenvalue weighted by Crippen LogP contribution is 2.32. The summed E-state index contributed by atoms with van der Waals surface area (Å²) in [5, 5.41) is 9.76.